The first-order chi connectivity index (χ1) is 14.8. The predicted octanol–water partition coefficient (Wildman–Crippen LogP) is 4.56. The number of thiazole rings is 1. The van der Waals surface area contributed by atoms with Crippen molar-refractivity contribution in [3.8, 4) is 0 Å². The van der Waals surface area contributed by atoms with E-state index in [1.54, 1.807) is 49.6 Å². The summed E-state index contributed by atoms with van der Waals surface area (Å²) < 4.78 is 7.45. The minimum absolute atomic E-state index is 0.263. The molecular weight excluding hydrogens is 475 g/mol. The van der Waals surface area contributed by atoms with Crippen molar-refractivity contribution in [1.29, 1.82) is 0 Å². The van der Waals surface area contributed by atoms with Gasteiger partial charge in [0.1, 0.15) is 6.04 Å². The van der Waals surface area contributed by atoms with Gasteiger partial charge in [0.25, 0.3) is 5.56 Å². The number of halogens is 2. The van der Waals surface area contributed by atoms with Gasteiger partial charge in [0.15, 0.2) is 4.80 Å². The number of thiophene rings is 1. The van der Waals surface area contributed by atoms with Crippen LogP contribution in [0.5, 0.6) is 0 Å². The Kier molecular flexibility index (Phi) is 6.21. The zero-order valence-corrected chi connectivity index (χ0v) is 20.0. The number of nitrogens with zero attached hydrogens (tertiary/aromatic N) is 2. The molecule has 3 heterocycles. The van der Waals surface area contributed by atoms with E-state index in [2.05, 4.69) is 4.99 Å². The van der Waals surface area contributed by atoms with Gasteiger partial charge in [-0.3, -0.25) is 9.36 Å². The van der Waals surface area contributed by atoms with Crippen LogP contribution in [0.3, 0.4) is 0 Å². The van der Waals surface area contributed by atoms with Crippen molar-refractivity contribution in [2.75, 3.05) is 0 Å². The molecule has 1 aromatic carbocycles. The molecule has 0 radical (unpaired) electrons. The van der Waals surface area contributed by atoms with Crippen molar-refractivity contribution >= 4 is 57.9 Å². The van der Waals surface area contributed by atoms with Gasteiger partial charge in [0.05, 0.1) is 21.9 Å². The molecule has 160 valence electrons. The van der Waals surface area contributed by atoms with Crippen molar-refractivity contribution in [3.63, 3.8) is 0 Å². The van der Waals surface area contributed by atoms with E-state index in [-0.39, 0.29) is 11.7 Å². The molecule has 4 rings (SSSR count). The van der Waals surface area contributed by atoms with Crippen LogP contribution in [-0.4, -0.2) is 16.6 Å². The molecule has 0 saturated carbocycles. The second-order valence-electron chi connectivity index (χ2n) is 7.19. The third kappa shape index (κ3) is 4.15. The number of hydrogen-bond acceptors (Lipinski definition) is 6. The van der Waals surface area contributed by atoms with Gasteiger partial charge < -0.3 is 4.74 Å². The van der Waals surface area contributed by atoms with Crippen LogP contribution < -0.4 is 14.9 Å². The van der Waals surface area contributed by atoms with E-state index in [1.807, 2.05) is 17.5 Å². The number of allylic oxidation sites excluding steroid dienone is 1. The summed E-state index contributed by atoms with van der Waals surface area (Å²) in [5.74, 6) is -0.474. The average Bonchev–Trinajstić information content (AvgIpc) is 3.32. The molecule has 9 heteroatoms. The predicted molar refractivity (Wildman–Crippen MR) is 126 cm³/mol. The van der Waals surface area contributed by atoms with Crippen LogP contribution in [0.15, 0.2) is 56.8 Å². The number of fused-ring (bicyclic) bond motifs is 1. The quantitative estimate of drug-likeness (QED) is 0.501. The fraction of sp³-hybridized carbons (Fsp3) is 0.227. The smallest absolute Gasteiger partial charge is 0.338 e. The molecule has 1 aliphatic rings. The molecule has 0 unspecified atom stereocenters. The number of aromatic nitrogens is 1. The van der Waals surface area contributed by atoms with Gasteiger partial charge in [-0.05, 0) is 50.4 Å². The lowest BCUT2D eigenvalue weighted by molar-refractivity contribution is -0.143. The molecule has 0 fully saturated rings. The lowest BCUT2D eigenvalue weighted by atomic mass is 10.0. The van der Waals surface area contributed by atoms with Crippen molar-refractivity contribution in [2.24, 2.45) is 4.99 Å². The van der Waals surface area contributed by atoms with Crippen molar-refractivity contribution in [1.82, 2.24) is 4.57 Å². The van der Waals surface area contributed by atoms with Crippen molar-refractivity contribution in [2.45, 2.75) is 32.9 Å². The van der Waals surface area contributed by atoms with E-state index in [0.717, 1.165) is 4.88 Å². The molecule has 0 aliphatic carbocycles. The van der Waals surface area contributed by atoms with Crippen LogP contribution in [0.4, 0.5) is 0 Å². The third-order valence-corrected chi connectivity index (χ3v) is 7.24. The zero-order valence-electron chi connectivity index (χ0n) is 16.9. The Labute approximate surface area is 196 Å². The van der Waals surface area contributed by atoms with Crippen LogP contribution in [-0.2, 0) is 9.53 Å². The summed E-state index contributed by atoms with van der Waals surface area (Å²) in [6.45, 7) is 5.34. The zero-order chi connectivity index (χ0) is 22.3. The Bertz CT molecular complexity index is 1350. The van der Waals surface area contributed by atoms with Crippen LogP contribution in [0, 0.1) is 0 Å². The topological polar surface area (TPSA) is 60.7 Å². The van der Waals surface area contributed by atoms with Crippen LogP contribution in [0.1, 0.15) is 37.3 Å². The fourth-order valence-corrected chi connectivity index (χ4v) is 5.71. The van der Waals surface area contributed by atoms with E-state index < -0.39 is 12.0 Å². The lowest BCUT2D eigenvalue weighted by Gasteiger charge is -2.24. The maximum Gasteiger partial charge on any atom is 0.338 e. The molecule has 0 bridgehead atoms. The number of rotatable bonds is 4. The molecule has 0 spiro atoms. The van der Waals surface area contributed by atoms with E-state index in [0.29, 0.717) is 36.2 Å². The monoisotopic (exact) mass is 492 g/mol. The highest BCUT2D eigenvalue weighted by molar-refractivity contribution is 7.10. The Morgan fingerprint density at radius 2 is 1.94 bits per heavy atom. The highest BCUT2D eigenvalue weighted by Crippen LogP contribution is 2.33. The summed E-state index contributed by atoms with van der Waals surface area (Å²) in [5, 5.41) is 2.81. The van der Waals surface area contributed by atoms with Gasteiger partial charge in [0, 0.05) is 20.5 Å². The second kappa shape index (κ2) is 8.74. The standard InChI is InChI=1S/C22H18Cl2N2O3S2/c1-11(2)29-21(28)18-12(3)25-22-26(19(18)16-8-5-9-30-16)20(27)17(31-22)10-13-14(23)6-4-7-15(13)24/h4-11,19H,1-3H3/b17-10-/t19-/m1/s1. The largest absolute Gasteiger partial charge is 0.459 e. The van der Waals surface area contributed by atoms with Gasteiger partial charge >= 0.3 is 5.97 Å². The summed E-state index contributed by atoms with van der Waals surface area (Å²) in [7, 11) is 0. The molecule has 1 atom stereocenters. The molecule has 5 nitrogen and oxygen atoms in total. The highest BCUT2D eigenvalue weighted by Gasteiger charge is 2.34. The Balaban J connectivity index is 1.96. The minimum atomic E-state index is -0.605. The molecule has 31 heavy (non-hydrogen) atoms. The molecular formula is C22H18Cl2N2O3S2. The lowest BCUT2D eigenvalue weighted by Crippen LogP contribution is -2.39. The first-order valence-electron chi connectivity index (χ1n) is 9.49. The van der Waals surface area contributed by atoms with Gasteiger partial charge in [-0.2, -0.15) is 0 Å². The number of ether oxygens (including phenoxy) is 1. The Morgan fingerprint density at radius 1 is 1.23 bits per heavy atom. The van der Waals surface area contributed by atoms with Crippen molar-refractivity contribution < 1.29 is 9.53 Å². The molecule has 3 aromatic rings. The summed E-state index contributed by atoms with van der Waals surface area (Å²) in [6.07, 6.45) is 1.38. The van der Waals surface area contributed by atoms with E-state index in [4.69, 9.17) is 27.9 Å². The molecule has 0 amide bonds. The number of hydrogen-bond donors (Lipinski definition) is 0. The van der Waals surface area contributed by atoms with Crippen molar-refractivity contribution in [3.05, 3.63) is 87.2 Å². The van der Waals surface area contributed by atoms with Gasteiger partial charge in [-0.25, -0.2) is 9.79 Å². The summed E-state index contributed by atoms with van der Waals surface area (Å²) in [5.41, 5.74) is 1.21. The minimum Gasteiger partial charge on any atom is -0.459 e. The number of esters is 1. The first kappa shape index (κ1) is 22.0. The van der Waals surface area contributed by atoms with Gasteiger partial charge in [0.2, 0.25) is 0 Å². The van der Waals surface area contributed by atoms with Gasteiger partial charge in [-0.15, -0.1) is 11.3 Å². The summed E-state index contributed by atoms with van der Waals surface area (Å²) >= 11 is 15.3. The molecule has 0 N–H and O–H groups in total. The van der Waals surface area contributed by atoms with E-state index >= 15 is 0 Å². The van der Waals surface area contributed by atoms with E-state index in [1.165, 1.54) is 22.7 Å². The van der Waals surface area contributed by atoms with Gasteiger partial charge in [-0.1, -0.05) is 46.7 Å². The SMILES string of the molecule is CC1=C(C(=O)OC(C)C)[C@@H](c2cccs2)n2c(s/c(=C\c3c(Cl)cccc3Cl)c2=O)=N1. The summed E-state index contributed by atoms with van der Waals surface area (Å²) in [6, 6.07) is 8.37. The second-order valence-corrected chi connectivity index (χ2v) is 9.99. The summed E-state index contributed by atoms with van der Waals surface area (Å²) in [4.78, 5) is 32.3. The molecule has 1 aliphatic heterocycles. The first-order valence-corrected chi connectivity index (χ1v) is 11.9. The average molecular weight is 493 g/mol. The Hall–Kier alpha value is -2.19. The third-order valence-electron chi connectivity index (χ3n) is 4.67. The molecule has 2 aromatic heterocycles. The number of carbonyl (C=O) groups is 1. The maximum absolute atomic E-state index is 13.5. The highest BCUT2D eigenvalue weighted by atomic mass is 35.5. The van der Waals surface area contributed by atoms with Crippen LogP contribution in [0.2, 0.25) is 10.0 Å². The normalized spacial score (nSPS) is 16.5. The van der Waals surface area contributed by atoms with Crippen LogP contribution >= 0.6 is 45.9 Å². The maximum atomic E-state index is 13.5. The Morgan fingerprint density at radius 3 is 2.55 bits per heavy atom. The molecule has 0 saturated heterocycles. The fourth-order valence-electron chi connectivity index (χ4n) is 3.36. The van der Waals surface area contributed by atoms with Crippen LogP contribution in [0.25, 0.3) is 6.08 Å². The number of benzene rings is 1. The number of carbonyl (C=O) groups excluding carboxylic acids is 1. The van der Waals surface area contributed by atoms with E-state index in [9.17, 15) is 9.59 Å².